The van der Waals surface area contributed by atoms with E-state index in [1.165, 1.54) is 25.3 Å². The Labute approximate surface area is 113 Å². The van der Waals surface area contributed by atoms with E-state index in [1.807, 2.05) is 6.92 Å². The first-order valence-corrected chi connectivity index (χ1v) is 11.0. The smallest absolute Gasteiger partial charge is 0.306 e. The highest BCUT2D eigenvalue weighted by Crippen LogP contribution is 2.35. The summed E-state index contributed by atoms with van der Waals surface area (Å²) in [7, 11) is -0.974. The van der Waals surface area contributed by atoms with Gasteiger partial charge in [-0.05, 0) is 37.6 Å². The molecule has 0 radical (unpaired) electrons. The molecule has 0 aromatic heterocycles. The molecule has 0 spiro atoms. The highest BCUT2D eigenvalue weighted by molar-refractivity contribution is 6.76. The van der Waals surface area contributed by atoms with Crippen molar-refractivity contribution in [3.63, 3.8) is 0 Å². The van der Waals surface area contributed by atoms with Crippen molar-refractivity contribution in [3.05, 3.63) is 12.2 Å². The lowest BCUT2D eigenvalue weighted by molar-refractivity contribution is -0.144. The molecule has 0 amide bonds. The molecule has 1 rings (SSSR count). The first-order valence-electron chi connectivity index (χ1n) is 7.24. The molecular weight excluding hydrogens is 240 g/mol. The molecule has 1 saturated carbocycles. The van der Waals surface area contributed by atoms with E-state index in [4.69, 9.17) is 4.74 Å². The number of hydrogen-bond acceptors (Lipinski definition) is 2. The Morgan fingerprint density at radius 2 is 2.06 bits per heavy atom. The number of hydrogen-bond donors (Lipinski definition) is 0. The quantitative estimate of drug-likeness (QED) is 0.409. The van der Waals surface area contributed by atoms with E-state index < -0.39 is 8.07 Å². The molecule has 3 heteroatoms. The minimum absolute atomic E-state index is 0.0204. The summed E-state index contributed by atoms with van der Waals surface area (Å²) in [6.45, 7) is 9.55. The zero-order valence-electron chi connectivity index (χ0n) is 12.4. The van der Waals surface area contributed by atoms with Crippen molar-refractivity contribution in [2.24, 2.45) is 11.8 Å². The molecular formula is C15H28O2Si. The summed E-state index contributed by atoms with van der Waals surface area (Å²) in [6.07, 6.45) is 9.02. The van der Waals surface area contributed by atoms with Crippen molar-refractivity contribution in [3.8, 4) is 0 Å². The highest BCUT2D eigenvalue weighted by Gasteiger charge is 2.27. The molecule has 0 aromatic carbocycles. The maximum atomic E-state index is 11.5. The summed E-state index contributed by atoms with van der Waals surface area (Å²) >= 11 is 0. The van der Waals surface area contributed by atoms with Gasteiger partial charge in [0, 0.05) is 14.5 Å². The van der Waals surface area contributed by atoms with E-state index >= 15 is 0 Å². The van der Waals surface area contributed by atoms with Crippen LogP contribution in [0.1, 0.15) is 32.6 Å². The number of rotatable bonds is 6. The Hall–Kier alpha value is -0.573. The average molecular weight is 268 g/mol. The van der Waals surface area contributed by atoms with Crippen molar-refractivity contribution >= 4 is 14.0 Å². The first-order chi connectivity index (χ1) is 8.42. The SMILES string of the molecule is CCOC(=O)C[C@H]1CCC[C@H]1/C=C/C[Si](C)(C)C. The van der Waals surface area contributed by atoms with E-state index in [2.05, 4.69) is 31.8 Å². The lowest BCUT2D eigenvalue weighted by Gasteiger charge is -2.16. The van der Waals surface area contributed by atoms with Crippen LogP contribution < -0.4 is 0 Å². The van der Waals surface area contributed by atoms with Gasteiger partial charge in [-0.15, -0.1) is 0 Å². The predicted octanol–water partition coefficient (Wildman–Crippen LogP) is 4.25. The van der Waals surface area contributed by atoms with Crippen LogP contribution >= 0.6 is 0 Å². The fraction of sp³-hybridized carbons (Fsp3) is 0.800. The molecule has 0 saturated heterocycles. The fourth-order valence-corrected chi connectivity index (χ4v) is 3.45. The third kappa shape index (κ3) is 5.85. The van der Waals surface area contributed by atoms with Crippen LogP contribution in [0.4, 0.5) is 0 Å². The number of carbonyl (C=O) groups excluding carboxylic acids is 1. The standard InChI is InChI=1S/C15H28O2Si/c1-5-17-15(16)12-14-9-6-8-13(14)10-7-11-18(2,3)4/h7,10,13-14H,5-6,8-9,11-12H2,1-4H3/b10-7+/t13-,14+/m0/s1. The molecule has 104 valence electrons. The zero-order valence-corrected chi connectivity index (χ0v) is 13.4. The van der Waals surface area contributed by atoms with Crippen LogP contribution in [0.2, 0.25) is 25.7 Å². The van der Waals surface area contributed by atoms with Crippen molar-refractivity contribution in [1.82, 2.24) is 0 Å². The summed E-state index contributed by atoms with van der Waals surface area (Å²) in [6, 6.07) is 1.25. The van der Waals surface area contributed by atoms with Gasteiger partial charge in [0.2, 0.25) is 0 Å². The van der Waals surface area contributed by atoms with Gasteiger partial charge in [0.05, 0.1) is 6.61 Å². The van der Waals surface area contributed by atoms with Crippen LogP contribution in [-0.4, -0.2) is 20.7 Å². The second-order valence-corrected chi connectivity index (χ2v) is 12.1. The van der Waals surface area contributed by atoms with Gasteiger partial charge < -0.3 is 4.74 Å². The van der Waals surface area contributed by atoms with Gasteiger partial charge in [0.1, 0.15) is 0 Å². The fourth-order valence-electron chi connectivity index (χ4n) is 2.60. The van der Waals surface area contributed by atoms with E-state index in [0.29, 0.717) is 24.9 Å². The minimum atomic E-state index is -0.974. The van der Waals surface area contributed by atoms with Crippen LogP contribution in [0.5, 0.6) is 0 Å². The van der Waals surface area contributed by atoms with E-state index in [-0.39, 0.29) is 5.97 Å². The molecule has 2 atom stereocenters. The van der Waals surface area contributed by atoms with Crippen molar-refractivity contribution in [2.45, 2.75) is 58.3 Å². The summed E-state index contributed by atoms with van der Waals surface area (Å²) < 4.78 is 5.05. The van der Waals surface area contributed by atoms with Crippen LogP contribution in [0.15, 0.2) is 12.2 Å². The summed E-state index contributed by atoms with van der Waals surface area (Å²) in [5.41, 5.74) is 0. The maximum Gasteiger partial charge on any atom is 0.306 e. The first kappa shape index (κ1) is 15.5. The number of allylic oxidation sites excluding steroid dienone is 2. The van der Waals surface area contributed by atoms with Gasteiger partial charge >= 0.3 is 5.97 Å². The van der Waals surface area contributed by atoms with Gasteiger partial charge in [-0.25, -0.2) is 0 Å². The third-order valence-corrected chi connectivity index (χ3v) is 5.03. The Morgan fingerprint density at radius 3 is 2.67 bits per heavy atom. The Morgan fingerprint density at radius 1 is 1.33 bits per heavy atom. The van der Waals surface area contributed by atoms with Crippen LogP contribution in [-0.2, 0) is 9.53 Å². The van der Waals surface area contributed by atoms with Crippen LogP contribution in [0.3, 0.4) is 0 Å². The minimum Gasteiger partial charge on any atom is -0.466 e. The van der Waals surface area contributed by atoms with Crippen LogP contribution in [0.25, 0.3) is 0 Å². The number of carbonyl (C=O) groups is 1. The molecule has 1 fully saturated rings. The van der Waals surface area contributed by atoms with Gasteiger partial charge in [-0.2, -0.15) is 0 Å². The normalized spacial score (nSPS) is 24.7. The molecule has 0 aliphatic heterocycles. The monoisotopic (exact) mass is 268 g/mol. The van der Waals surface area contributed by atoms with Crippen molar-refractivity contribution in [1.29, 1.82) is 0 Å². The summed E-state index contributed by atoms with van der Waals surface area (Å²) in [4.78, 5) is 11.5. The molecule has 0 aromatic rings. The second-order valence-electron chi connectivity index (χ2n) is 6.56. The summed E-state index contributed by atoms with van der Waals surface area (Å²) in [5, 5.41) is 0. The van der Waals surface area contributed by atoms with Crippen LogP contribution in [0, 0.1) is 11.8 Å². The Bertz CT molecular complexity index is 291. The topological polar surface area (TPSA) is 26.3 Å². The highest BCUT2D eigenvalue weighted by atomic mass is 28.3. The molecule has 1 aliphatic carbocycles. The number of esters is 1. The second kappa shape index (κ2) is 7.12. The van der Waals surface area contributed by atoms with E-state index in [1.54, 1.807) is 0 Å². The van der Waals surface area contributed by atoms with E-state index in [0.717, 1.165) is 0 Å². The van der Waals surface area contributed by atoms with Gasteiger partial charge in [-0.1, -0.05) is 38.2 Å². The zero-order chi connectivity index (χ0) is 13.6. The molecule has 18 heavy (non-hydrogen) atoms. The Balaban J connectivity index is 2.42. The molecule has 0 bridgehead atoms. The summed E-state index contributed by atoms with van der Waals surface area (Å²) in [5.74, 6) is 1.10. The van der Waals surface area contributed by atoms with Gasteiger partial charge in [-0.3, -0.25) is 4.79 Å². The third-order valence-electron chi connectivity index (χ3n) is 3.57. The average Bonchev–Trinajstić information content (AvgIpc) is 2.64. The lowest BCUT2D eigenvalue weighted by Crippen LogP contribution is -2.18. The molecule has 1 aliphatic rings. The van der Waals surface area contributed by atoms with Gasteiger partial charge in [0.15, 0.2) is 0 Å². The molecule has 2 nitrogen and oxygen atoms in total. The predicted molar refractivity (Wildman–Crippen MR) is 79.4 cm³/mol. The molecule has 0 unspecified atom stereocenters. The largest absolute Gasteiger partial charge is 0.466 e. The maximum absolute atomic E-state index is 11.5. The number of ether oxygens (including phenoxy) is 1. The molecule has 0 N–H and O–H groups in total. The van der Waals surface area contributed by atoms with Gasteiger partial charge in [0.25, 0.3) is 0 Å². The van der Waals surface area contributed by atoms with Crippen molar-refractivity contribution < 1.29 is 9.53 Å². The van der Waals surface area contributed by atoms with Crippen molar-refractivity contribution in [2.75, 3.05) is 6.61 Å². The Kier molecular flexibility index (Phi) is 6.13. The van der Waals surface area contributed by atoms with E-state index in [9.17, 15) is 4.79 Å². The molecule has 0 heterocycles. The lowest BCUT2D eigenvalue weighted by atomic mass is 9.92.